The molecule has 0 N–H and O–H groups in total. The van der Waals surface area contributed by atoms with E-state index in [2.05, 4.69) is 17.4 Å². The normalized spacial score (nSPS) is 8.64. The fraction of sp³-hybridized carbons (Fsp3) is 0.111. The second-order valence-electron chi connectivity index (χ2n) is 2.29. The van der Waals surface area contributed by atoms with Gasteiger partial charge in [0.2, 0.25) is 0 Å². The van der Waals surface area contributed by atoms with Crippen LogP contribution in [0.3, 0.4) is 0 Å². The van der Waals surface area contributed by atoms with Gasteiger partial charge in [-0.15, -0.1) is 0 Å². The molecule has 0 aliphatic heterocycles. The molecule has 3 nitrogen and oxygen atoms in total. The summed E-state index contributed by atoms with van der Waals surface area (Å²) in [5, 5.41) is 0. The molecule has 5 heteroatoms. The van der Waals surface area contributed by atoms with Gasteiger partial charge >= 0.3 is 41.5 Å². The Morgan fingerprint density at radius 2 is 1.79 bits per heavy atom. The zero-order chi connectivity index (χ0) is 9.68. The third kappa shape index (κ3) is 4.28. The summed E-state index contributed by atoms with van der Waals surface area (Å²) in [6.45, 7) is 0. The van der Waals surface area contributed by atoms with Crippen LogP contribution >= 0.6 is 12.6 Å². The average Bonchev–Trinajstić information content (AvgIpc) is 2.19. The number of benzene rings is 1. The number of esters is 2. The van der Waals surface area contributed by atoms with Crippen LogP contribution in [0.4, 0.5) is 0 Å². The van der Waals surface area contributed by atoms with Gasteiger partial charge in [0.1, 0.15) is 0 Å². The van der Waals surface area contributed by atoms with E-state index in [4.69, 9.17) is 0 Å². The Bertz CT molecular complexity index is 313. The standard InChI is InChI=1S/C9H8O3S.Na.H/c10-8(6-13)12-9(11)7-4-2-1-3-5-7;;/h1-5,13H,6H2;;. The molecule has 0 radical (unpaired) electrons. The van der Waals surface area contributed by atoms with Crippen LogP contribution in [0.1, 0.15) is 10.4 Å². The van der Waals surface area contributed by atoms with Crippen LogP contribution in [0.15, 0.2) is 30.3 Å². The Morgan fingerprint density at radius 1 is 1.21 bits per heavy atom. The summed E-state index contributed by atoms with van der Waals surface area (Å²) in [5.41, 5.74) is 0.359. The minimum absolute atomic E-state index is 0. The molecule has 1 aromatic rings. The van der Waals surface area contributed by atoms with Crippen molar-refractivity contribution in [1.82, 2.24) is 0 Å². The summed E-state index contributed by atoms with van der Waals surface area (Å²) in [6.07, 6.45) is 0. The molecular formula is C9H9NaO3S. The fourth-order valence-electron chi connectivity index (χ4n) is 0.769. The van der Waals surface area contributed by atoms with E-state index in [1.807, 2.05) is 0 Å². The monoisotopic (exact) mass is 220 g/mol. The predicted molar refractivity (Wildman–Crippen MR) is 57.9 cm³/mol. The van der Waals surface area contributed by atoms with Gasteiger partial charge in [0, 0.05) is 0 Å². The molecule has 0 atom stereocenters. The van der Waals surface area contributed by atoms with Gasteiger partial charge in [-0.25, -0.2) is 4.79 Å². The molecule has 0 bridgehead atoms. The number of thiol groups is 1. The summed E-state index contributed by atoms with van der Waals surface area (Å²) in [6, 6.07) is 8.32. The van der Waals surface area contributed by atoms with Gasteiger partial charge in [-0.3, -0.25) is 4.79 Å². The van der Waals surface area contributed by atoms with E-state index in [-0.39, 0.29) is 35.3 Å². The molecule has 14 heavy (non-hydrogen) atoms. The van der Waals surface area contributed by atoms with Gasteiger partial charge in [0.25, 0.3) is 0 Å². The van der Waals surface area contributed by atoms with Crippen molar-refractivity contribution in [3.05, 3.63) is 35.9 Å². The second-order valence-corrected chi connectivity index (χ2v) is 2.60. The summed E-state index contributed by atoms with van der Waals surface area (Å²) in [5.74, 6) is -1.38. The predicted octanol–water partition coefficient (Wildman–Crippen LogP) is 0.651. The molecule has 0 fully saturated rings. The Hall–Kier alpha value is -0.290. The topological polar surface area (TPSA) is 43.4 Å². The van der Waals surface area contributed by atoms with Crippen molar-refractivity contribution in [3.8, 4) is 0 Å². The molecule has 0 heterocycles. The van der Waals surface area contributed by atoms with Gasteiger partial charge in [0.05, 0.1) is 11.3 Å². The molecule has 1 aromatic carbocycles. The third-order valence-electron chi connectivity index (χ3n) is 1.35. The van der Waals surface area contributed by atoms with E-state index in [9.17, 15) is 9.59 Å². The van der Waals surface area contributed by atoms with E-state index in [1.165, 1.54) is 0 Å². The summed E-state index contributed by atoms with van der Waals surface area (Å²) >= 11 is 3.68. The van der Waals surface area contributed by atoms with Crippen molar-refractivity contribution < 1.29 is 14.3 Å². The van der Waals surface area contributed by atoms with Crippen LogP contribution in [-0.2, 0) is 9.53 Å². The number of hydrogen-bond donors (Lipinski definition) is 1. The zero-order valence-corrected chi connectivity index (χ0v) is 7.66. The Morgan fingerprint density at radius 3 is 2.29 bits per heavy atom. The number of carbonyl (C=O) groups is 2. The number of ether oxygens (including phenoxy) is 1. The average molecular weight is 220 g/mol. The van der Waals surface area contributed by atoms with Gasteiger partial charge < -0.3 is 4.74 Å². The summed E-state index contributed by atoms with van der Waals surface area (Å²) in [7, 11) is 0. The molecule has 0 amide bonds. The number of hydrogen-bond acceptors (Lipinski definition) is 4. The first-order chi connectivity index (χ1) is 6.24. The molecule has 0 spiro atoms. The Kier molecular flexibility index (Phi) is 6.92. The molecule has 0 saturated carbocycles. The van der Waals surface area contributed by atoms with Crippen LogP contribution in [0.25, 0.3) is 0 Å². The van der Waals surface area contributed by atoms with E-state index >= 15 is 0 Å². The first-order valence-electron chi connectivity index (χ1n) is 3.65. The van der Waals surface area contributed by atoms with Gasteiger partial charge in [-0.05, 0) is 12.1 Å². The third-order valence-corrected chi connectivity index (χ3v) is 1.60. The van der Waals surface area contributed by atoms with Crippen molar-refractivity contribution in [1.29, 1.82) is 0 Å². The molecular weight excluding hydrogens is 211 g/mol. The quantitative estimate of drug-likeness (QED) is 0.344. The van der Waals surface area contributed by atoms with E-state index in [0.29, 0.717) is 5.56 Å². The summed E-state index contributed by atoms with van der Waals surface area (Å²) in [4.78, 5) is 21.8. The van der Waals surface area contributed by atoms with Crippen LogP contribution < -0.4 is 0 Å². The fourth-order valence-corrected chi connectivity index (χ4v) is 0.833. The van der Waals surface area contributed by atoms with Crippen molar-refractivity contribution in [3.63, 3.8) is 0 Å². The Balaban J connectivity index is 0.00000169. The first-order valence-corrected chi connectivity index (χ1v) is 4.28. The van der Waals surface area contributed by atoms with Crippen molar-refractivity contribution in [2.24, 2.45) is 0 Å². The van der Waals surface area contributed by atoms with Crippen LogP contribution in [0, 0.1) is 0 Å². The van der Waals surface area contributed by atoms with Crippen LogP contribution in [-0.4, -0.2) is 47.2 Å². The Labute approximate surface area is 110 Å². The first kappa shape index (κ1) is 13.7. The molecule has 0 aromatic heterocycles. The molecule has 0 saturated heterocycles. The van der Waals surface area contributed by atoms with Crippen molar-refractivity contribution in [2.75, 3.05) is 5.75 Å². The summed E-state index contributed by atoms with van der Waals surface area (Å²) < 4.78 is 4.43. The number of carbonyl (C=O) groups excluding carboxylic acids is 2. The SMILES string of the molecule is O=C(CS)OC(=O)c1ccccc1.[NaH]. The van der Waals surface area contributed by atoms with Gasteiger partial charge in [-0.2, -0.15) is 12.6 Å². The molecule has 70 valence electrons. The molecule has 0 aliphatic carbocycles. The van der Waals surface area contributed by atoms with E-state index in [0.717, 1.165) is 0 Å². The van der Waals surface area contributed by atoms with Crippen LogP contribution in [0.5, 0.6) is 0 Å². The maximum atomic E-state index is 11.1. The van der Waals surface area contributed by atoms with Crippen molar-refractivity contribution >= 4 is 54.1 Å². The van der Waals surface area contributed by atoms with Crippen molar-refractivity contribution in [2.45, 2.75) is 0 Å². The number of rotatable bonds is 2. The van der Waals surface area contributed by atoms with Gasteiger partial charge in [0.15, 0.2) is 0 Å². The van der Waals surface area contributed by atoms with E-state index in [1.54, 1.807) is 30.3 Å². The van der Waals surface area contributed by atoms with E-state index < -0.39 is 11.9 Å². The molecule has 0 unspecified atom stereocenters. The zero-order valence-electron chi connectivity index (χ0n) is 6.77. The van der Waals surface area contributed by atoms with Crippen LogP contribution in [0.2, 0.25) is 0 Å². The molecule has 0 aliphatic rings. The minimum atomic E-state index is -0.641. The molecule has 1 rings (SSSR count). The van der Waals surface area contributed by atoms with Gasteiger partial charge in [-0.1, -0.05) is 18.2 Å². The maximum absolute atomic E-state index is 11.1. The second kappa shape index (κ2) is 7.06.